The SMILES string of the molecule is Cc1ccc(C)c(/C=C/c2ncc[nH]2)c1. The smallest absolute Gasteiger partial charge is 0.129 e. The van der Waals surface area contributed by atoms with Gasteiger partial charge in [0.25, 0.3) is 0 Å². The van der Waals surface area contributed by atoms with Crippen molar-refractivity contribution in [3.8, 4) is 0 Å². The number of hydrogen-bond acceptors (Lipinski definition) is 1. The zero-order valence-electron chi connectivity index (χ0n) is 8.99. The highest BCUT2D eigenvalue weighted by Gasteiger charge is 1.94. The van der Waals surface area contributed by atoms with Crippen LogP contribution in [0.2, 0.25) is 0 Å². The van der Waals surface area contributed by atoms with E-state index in [1.54, 1.807) is 6.20 Å². The van der Waals surface area contributed by atoms with Crippen LogP contribution in [-0.4, -0.2) is 9.97 Å². The highest BCUT2D eigenvalue weighted by atomic mass is 14.9. The summed E-state index contributed by atoms with van der Waals surface area (Å²) in [7, 11) is 0. The van der Waals surface area contributed by atoms with Crippen LogP contribution in [0.15, 0.2) is 30.6 Å². The van der Waals surface area contributed by atoms with E-state index in [-0.39, 0.29) is 0 Å². The molecule has 76 valence electrons. The van der Waals surface area contributed by atoms with Crippen molar-refractivity contribution in [3.63, 3.8) is 0 Å². The number of aromatic amines is 1. The van der Waals surface area contributed by atoms with Crippen molar-refractivity contribution in [1.82, 2.24) is 9.97 Å². The van der Waals surface area contributed by atoms with Gasteiger partial charge in [-0.15, -0.1) is 0 Å². The lowest BCUT2D eigenvalue weighted by molar-refractivity contribution is 1.27. The lowest BCUT2D eigenvalue weighted by Crippen LogP contribution is -1.82. The first-order valence-corrected chi connectivity index (χ1v) is 5.00. The van der Waals surface area contributed by atoms with Gasteiger partial charge < -0.3 is 4.98 Å². The second-order valence-electron chi connectivity index (χ2n) is 3.67. The van der Waals surface area contributed by atoms with Crippen LogP contribution < -0.4 is 0 Å². The second-order valence-corrected chi connectivity index (χ2v) is 3.67. The van der Waals surface area contributed by atoms with Gasteiger partial charge >= 0.3 is 0 Å². The molecule has 0 saturated heterocycles. The Morgan fingerprint density at radius 2 is 2.07 bits per heavy atom. The van der Waals surface area contributed by atoms with Gasteiger partial charge in [-0.1, -0.05) is 29.8 Å². The Bertz CT molecular complexity index is 467. The quantitative estimate of drug-likeness (QED) is 0.788. The van der Waals surface area contributed by atoms with E-state index in [1.165, 1.54) is 16.7 Å². The maximum atomic E-state index is 4.14. The third-order valence-electron chi connectivity index (χ3n) is 2.37. The molecule has 2 aromatic rings. The van der Waals surface area contributed by atoms with Gasteiger partial charge in [-0.05, 0) is 31.1 Å². The van der Waals surface area contributed by atoms with E-state index in [2.05, 4.69) is 48.1 Å². The van der Waals surface area contributed by atoms with Crippen LogP contribution in [0.1, 0.15) is 22.5 Å². The first-order valence-electron chi connectivity index (χ1n) is 5.00. The molecule has 2 heteroatoms. The van der Waals surface area contributed by atoms with E-state index >= 15 is 0 Å². The van der Waals surface area contributed by atoms with Crippen LogP contribution in [0.5, 0.6) is 0 Å². The molecule has 1 aromatic carbocycles. The lowest BCUT2D eigenvalue weighted by Gasteiger charge is -2.00. The van der Waals surface area contributed by atoms with Crippen LogP contribution in [0.25, 0.3) is 12.2 Å². The average molecular weight is 198 g/mol. The molecule has 0 aliphatic rings. The summed E-state index contributed by atoms with van der Waals surface area (Å²) in [4.78, 5) is 7.18. The monoisotopic (exact) mass is 198 g/mol. The molecule has 0 aliphatic heterocycles. The third-order valence-corrected chi connectivity index (χ3v) is 2.37. The van der Waals surface area contributed by atoms with Crippen LogP contribution in [0, 0.1) is 13.8 Å². The maximum absolute atomic E-state index is 4.14. The van der Waals surface area contributed by atoms with Gasteiger partial charge in [0, 0.05) is 12.4 Å². The number of hydrogen-bond donors (Lipinski definition) is 1. The van der Waals surface area contributed by atoms with Gasteiger partial charge in [-0.25, -0.2) is 4.98 Å². The van der Waals surface area contributed by atoms with E-state index in [1.807, 2.05) is 12.3 Å². The Labute approximate surface area is 89.7 Å². The van der Waals surface area contributed by atoms with Crippen molar-refractivity contribution in [2.24, 2.45) is 0 Å². The van der Waals surface area contributed by atoms with Gasteiger partial charge in [0.05, 0.1) is 0 Å². The Kier molecular flexibility index (Phi) is 2.68. The number of aromatic nitrogens is 2. The van der Waals surface area contributed by atoms with Crippen LogP contribution in [0.4, 0.5) is 0 Å². The molecule has 0 bridgehead atoms. The Morgan fingerprint density at radius 3 is 2.80 bits per heavy atom. The van der Waals surface area contributed by atoms with Crippen molar-refractivity contribution in [2.75, 3.05) is 0 Å². The molecule has 0 unspecified atom stereocenters. The van der Waals surface area contributed by atoms with Crippen molar-refractivity contribution >= 4 is 12.2 Å². The molecule has 0 saturated carbocycles. The topological polar surface area (TPSA) is 28.7 Å². The largest absolute Gasteiger partial charge is 0.345 e. The average Bonchev–Trinajstić information content (AvgIpc) is 2.72. The highest BCUT2D eigenvalue weighted by Crippen LogP contribution is 2.13. The van der Waals surface area contributed by atoms with Gasteiger partial charge in [-0.2, -0.15) is 0 Å². The summed E-state index contributed by atoms with van der Waals surface area (Å²) in [6.07, 6.45) is 7.65. The molecule has 2 nitrogen and oxygen atoms in total. The number of imidazole rings is 1. The summed E-state index contributed by atoms with van der Waals surface area (Å²) < 4.78 is 0. The number of nitrogens with one attached hydrogen (secondary N) is 1. The zero-order chi connectivity index (χ0) is 10.7. The number of H-pyrrole nitrogens is 1. The number of aryl methyl sites for hydroxylation is 2. The predicted octanol–water partition coefficient (Wildman–Crippen LogP) is 3.20. The molecule has 0 atom stereocenters. The summed E-state index contributed by atoms with van der Waals surface area (Å²) in [6, 6.07) is 6.44. The molecular weight excluding hydrogens is 184 g/mol. The Balaban J connectivity index is 2.27. The molecule has 0 radical (unpaired) electrons. The minimum atomic E-state index is 0.885. The molecule has 0 amide bonds. The van der Waals surface area contributed by atoms with Crippen molar-refractivity contribution < 1.29 is 0 Å². The highest BCUT2D eigenvalue weighted by molar-refractivity contribution is 5.68. The molecule has 1 aromatic heterocycles. The molecule has 1 N–H and O–H groups in total. The fraction of sp³-hybridized carbons (Fsp3) is 0.154. The number of nitrogens with zero attached hydrogens (tertiary/aromatic N) is 1. The minimum absolute atomic E-state index is 0.885. The molecule has 0 aliphatic carbocycles. The molecular formula is C13H14N2. The van der Waals surface area contributed by atoms with Crippen LogP contribution in [-0.2, 0) is 0 Å². The fourth-order valence-electron chi connectivity index (χ4n) is 1.48. The Morgan fingerprint density at radius 1 is 1.20 bits per heavy atom. The number of rotatable bonds is 2. The third kappa shape index (κ3) is 2.34. The van der Waals surface area contributed by atoms with E-state index in [0.29, 0.717) is 0 Å². The maximum Gasteiger partial charge on any atom is 0.129 e. The predicted molar refractivity (Wildman–Crippen MR) is 63.4 cm³/mol. The van der Waals surface area contributed by atoms with Gasteiger partial charge in [-0.3, -0.25) is 0 Å². The first kappa shape index (κ1) is 9.71. The van der Waals surface area contributed by atoms with Crippen LogP contribution in [0.3, 0.4) is 0 Å². The standard InChI is InChI=1S/C13H14N2/c1-10-3-4-11(2)12(9-10)5-6-13-14-7-8-15-13/h3-9H,1-2H3,(H,14,15)/b6-5+. The Hall–Kier alpha value is -1.83. The molecule has 0 spiro atoms. The van der Waals surface area contributed by atoms with E-state index in [0.717, 1.165) is 5.82 Å². The lowest BCUT2D eigenvalue weighted by atomic mass is 10.1. The summed E-state index contributed by atoms with van der Waals surface area (Å²) in [6.45, 7) is 4.21. The van der Waals surface area contributed by atoms with Crippen LogP contribution >= 0.6 is 0 Å². The summed E-state index contributed by atoms with van der Waals surface area (Å²) >= 11 is 0. The number of benzene rings is 1. The van der Waals surface area contributed by atoms with Crippen molar-refractivity contribution in [3.05, 3.63) is 53.1 Å². The van der Waals surface area contributed by atoms with Crippen molar-refractivity contribution in [1.29, 1.82) is 0 Å². The van der Waals surface area contributed by atoms with E-state index < -0.39 is 0 Å². The van der Waals surface area contributed by atoms with Gasteiger partial charge in [0.1, 0.15) is 5.82 Å². The van der Waals surface area contributed by atoms with Crippen molar-refractivity contribution in [2.45, 2.75) is 13.8 Å². The second kappa shape index (κ2) is 4.13. The normalized spacial score (nSPS) is 11.1. The minimum Gasteiger partial charge on any atom is -0.345 e. The summed E-state index contributed by atoms with van der Waals surface area (Å²) in [5, 5.41) is 0. The summed E-state index contributed by atoms with van der Waals surface area (Å²) in [5.74, 6) is 0.885. The molecule has 1 heterocycles. The van der Waals surface area contributed by atoms with Gasteiger partial charge in [0.15, 0.2) is 0 Å². The van der Waals surface area contributed by atoms with E-state index in [4.69, 9.17) is 0 Å². The fourth-order valence-corrected chi connectivity index (χ4v) is 1.48. The molecule has 0 fully saturated rings. The van der Waals surface area contributed by atoms with Gasteiger partial charge in [0.2, 0.25) is 0 Å². The molecule has 2 rings (SSSR count). The summed E-state index contributed by atoms with van der Waals surface area (Å²) in [5.41, 5.74) is 3.80. The molecule has 15 heavy (non-hydrogen) atoms. The first-order chi connectivity index (χ1) is 7.25. The zero-order valence-corrected chi connectivity index (χ0v) is 8.99. The van der Waals surface area contributed by atoms with E-state index in [9.17, 15) is 0 Å².